The van der Waals surface area contributed by atoms with Gasteiger partial charge in [0.05, 0.1) is 10.7 Å². The molecular weight excluding hydrogens is 246 g/mol. The van der Waals surface area contributed by atoms with Crippen LogP contribution in [0.2, 0.25) is 0 Å². The summed E-state index contributed by atoms with van der Waals surface area (Å²) in [6, 6.07) is 5.19. The van der Waals surface area contributed by atoms with E-state index in [-0.39, 0.29) is 5.75 Å². The van der Waals surface area contributed by atoms with Gasteiger partial charge in [-0.05, 0) is 41.1 Å². The predicted octanol–water partition coefficient (Wildman–Crippen LogP) is 3.12. The van der Waals surface area contributed by atoms with Crippen molar-refractivity contribution in [2.24, 2.45) is 0 Å². The molecule has 14 heavy (non-hydrogen) atoms. The molecule has 0 radical (unpaired) electrons. The van der Waals surface area contributed by atoms with E-state index in [1.807, 2.05) is 13.0 Å². The number of oxazole rings is 1. The van der Waals surface area contributed by atoms with E-state index < -0.39 is 0 Å². The van der Waals surface area contributed by atoms with Gasteiger partial charge >= 0.3 is 0 Å². The number of halogens is 1. The second kappa shape index (κ2) is 3.46. The largest absolute Gasteiger partial charge is 0.507 e. The normalized spacial score (nSPS) is 10.4. The number of rotatable bonds is 1. The monoisotopic (exact) mass is 253 g/mol. The predicted molar refractivity (Wildman–Crippen MR) is 56.0 cm³/mol. The molecule has 2 rings (SSSR count). The van der Waals surface area contributed by atoms with Crippen LogP contribution in [0.25, 0.3) is 11.5 Å². The van der Waals surface area contributed by atoms with Gasteiger partial charge in [-0.3, -0.25) is 0 Å². The van der Waals surface area contributed by atoms with E-state index in [1.54, 1.807) is 18.3 Å². The molecule has 1 heterocycles. The number of nitrogens with zero attached hydrogens (tertiary/aromatic N) is 1. The molecule has 0 saturated heterocycles. The van der Waals surface area contributed by atoms with Crippen LogP contribution in [0.1, 0.15) is 5.76 Å². The molecule has 0 saturated carbocycles. The van der Waals surface area contributed by atoms with Crippen LogP contribution < -0.4 is 0 Å². The average Bonchev–Trinajstić information content (AvgIpc) is 2.57. The Hall–Kier alpha value is -1.29. The summed E-state index contributed by atoms with van der Waals surface area (Å²) in [6.07, 6.45) is 1.65. The molecule has 1 N–H and O–H groups in total. The number of hydrogen-bond acceptors (Lipinski definition) is 3. The second-order valence-corrected chi connectivity index (χ2v) is 3.80. The maximum atomic E-state index is 9.45. The van der Waals surface area contributed by atoms with Crippen LogP contribution in [0.15, 0.2) is 33.3 Å². The Morgan fingerprint density at radius 2 is 2.21 bits per heavy atom. The molecule has 0 aliphatic carbocycles. The molecule has 3 nitrogen and oxygen atoms in total. The van der Waals surface area contributed by atoms with Crippen LogP contribution in [0.4, 0.5) is 0 Å². The molecule has 0 spiro atoms. The molecule has 0 unspecified atom stereocenters. The fraction of sp³-hybridized carbons (Fsp3) is 0.100. The average molecular weight is 254 g/mol. The summed E-state index contributed by atoms with van der Waals surface area (Å²) in [5.74, 6) is 1.45. The summed E-state index contributed by atoms with van der Waals surface area (Å²) >= 11 is 3.21. The van der Waals surface area contributed by atoms with Gasteiger partial charge in [-0.15, -0.1) is 0 Å². The number of aryl methyl sites for hydroxylation is 1. The first-order valence-electron chi connectivity index (χ1n) is 4.08. The summed E-state index contributed by atoms with van der Waals surface area (Å²) in [5, 5.41) is 9.45. The van der Waals surface area contributed by atoms with Crippen LogP contribution in [-0.2, 0) is 0 Å². The summed E-state index contributed by atoms with van der Waals surface area (Å²) in [7, 11) is 0. The van der Waals surface area contributed by atoms with Crippen molar-refractivity contribution in [2.75, 3.05) is 0 Å². The van der Waals surface area contributed by atoms with Crippen molar-refractivity contribution >= 4 is 15.9 Å². The zero-order valence-electron chi connectivity index (χ0n) is 7.49. The highest BCUT2D eigenvalue weighted by molar-refractivity contribution is 9.10. The molecule has 0 fully saturated rings. The maximum absolute atomic E-state index is 9.45. The van der Waals surface area contributed by atoms with E-state index in [4.69, 9.17) is 4.42 Å². The Morgan fingerprint density at radius 1 is 1.43 bits per heavy atom. The van der Waals surface area contributed by atoms with Gasteiger partial charge in [0.2, 0.25) is 5.89 Å². The number of hydrogen-bond donors (Lipinski definition) is 1. The number of benzene rings is 1. The zero-order valence-corrected chi connectivity index (χ0v) is 9.08. The zero-order chi connectivity index (χ0) is 10.1. The Bertz CT molecular complexity index is 465. The lowest BCUT2D eigenvalue weighted by Gasteiger charge is -1.98. The molecule has 72 valence electrons. The first kappa shape index (κ1) is 9.27. The molecule has 1 aromatic carbocycles. The van der Waals surface area contributed by atoms with Gasteiger partial charge in [0.25, 0.3) is 0 Å². The van der Waals surface area contributed by atoms with Crippen LogP contribution in [0.5, 0.6) is 5.75 Å². The minimum absolute atomic E-state index is 0.179. The fourth-order valence-corrected chi connectivity index (χ4v) is 1.38. The number of aromatic hydroxyl groups is 1. The summed E-state index contributed by atoms with van der Waals surface area (Å²) in [6.45, 7) is 1.83. The highest BCUT2D eigenvalue weighted by atomic mass is 79.9. The van der Waals surface area contributed by atoms with Gasteiger partial charge in [-0.25, -0.2) is 4.98 Å². The molecule has 0 bridgehead atoms. The Morgan fingerprint density at radius 3 is 2.79 bits per heavy atom. The van der Waals surface area contributed by atoms with Crippen LogP contribution in [0.3, 0.4) is 0 Å². The topological polar surface area (TPSA) is 46.3 Å². The molecular formula is C10H8BrNO2. The third-order valence-corrected chi connectivity index (χ3v) is 2.48. The lowest BCUT2D eigenvalue weighted by atomic mass is 10.2. The van der Waals surface area contributed by atoms with Crippen LogP contribution >= 0.6 is 15.9 Å². The van der Waals surface area contributed by atoms with E-state index in [0.717, 1.165) is 11.3 Å². The van der Waals surface area contributed by atoms with Crippen molar-refractivity contribution < 1.29 is 9.52 Å². The lowest BCUT2D eigenvalue weighted by molar-refractivity contribution is 0.471. The van der Waals surface area contributed by atoms with Crippen molar-refractivity contribution in [1.29, 1.82) is 0 Å². The van der Waals surface area contributed by atoms with E-state index in [0.29, 0.717) is 10.4 Å². The van der Waals surface area contributed by atoms with Crippen LogP contribution in [0, 0.1) is 6.92 Å². The van der Waals surface area contributed by atoms with Crippen molar-refractivity contribution in [1.82, 2.24) is 4.98 Å². The third kappa shape index (κ3) is 1.65. The number of aromatic nitrogens is 1. The van der Waals surface area contributed by atoms with Gasteiger partial charge in [-0.2, -0.15) is 0 Å². The molecule has 0 aliphatic rings. The Labute approximate surface area is 89.5 Å². The van der Waals surface area contributed by atoms with E-state index in [9.17, 15) is 5.11 Å². The van der Waals surface area contributed by atoms with Crippen LogP contribution in [-0.4, -0.2) is 10.1 Å². The lowest BCUT2D eigenvalue weighted by Crippen LogP contribution is -1.77. The SMILES string of the molecule is Cc1cnc(-c2ccc(Br)c(O)c2)o1. The minimum Gasteiger partial charge on any atom is -0.507 e. The highest BCUT2D eigenvalue weighted by Gasteiger charge is 2.06. The van der Waals surface area contributed by atoms with Crippen molar-refractivity contribution in [3.8, 4) is 17.2 Å². The van der Waals surface area contributed by atoms with Gasteiger partial charge in [0, 0.05) is 5.56 Å². The first-order valence-corrected chi connectivity index (χ1v) is 4.87. The van der Waals surface area contributed by atoms with Gasteiger partial charge < -0.3 is 9.52 Å². The molecule has 0 amide bonds. The van der Waals surface area contributed by atoms with Gasteiger partial charge in [-0.1, -0.05) is 0 Å². The molecule has 0 aliphatic heterocycles. The van der Waals surface area contributed by atoms with Crippen molar-refractivity contribution in [2.45, 2.75) is 6.92 Å². The minimum atomic E-state index is 0.179. The highest BCUT2D eigenvalue weighted by Crippen LogP contribution is 2.29. The summed E-state index contributed by atoms with van der Waals surface area (Å²) in [4.78, 5) is 4.06. The first-order chi connectivity index (χ1) is 6.66. The summed E-state index contributed by atoms with van der Waals surface area (Å²) in [5.41, 5.74) is 0.763. The maximum Gasteiger partial charge on any atom is 0.226 e. The third-order valence-electron chi connectivity index (χ3n) is 1.81. The molecule has 2 aromatic rings. The van der Waals surface area contributed by atoms with Crippen molar-refractivity contribution in [3.63, 3.8) is 0 Å². The molecule has 1 aromatic heterocycles. The van der Waals surface area contributed by atoms with E-state index in [1.165, 1.54) is 0 Å². The van der Waals surface area contributed by atoms with Crippen molar-refractivity contribution in [3.05, 3.63) is 34.6 Å². The summed E-state index contributed by atoms with van der Waals surface area (Å²) < 4.78 is 5.98. The Kier molecular flexibility index (Phi) is 2.29. The van der Waals surface area contributed by atoms with E-state index in [2.05, 4.69) is 20.9 Å². The fourth-order valence-electron chi connectivity index (χ4n) is 1.13. The number of phenols is 1. The Balaban J connectivity index is 2.47. The standard InChI is InChI=1S/C10H8BrNO2/c1-6-5-12-10(14-6)7-2-3-8(11)9(13)4-7/h2-5,13H,1H3. The smallest absolute Gasteiger partial charge is 0.226 e. The van der Waals surface area contributed by atoms with Gasteiger partial charge in [0.15, 0.2) is 0 Å². The molecule has 4 heteroatoms. The van der Waals surface area contributed by atoms with Gasteiger partial charge in [0.1, 0.15) is 11.5 Å². The quantitative estimate of drug-likeness (QED) is 0.850. The molecule has 0 atom stereocenters. The van der Waals surface area contributed by atoms with E-state index >= 15 is 0 Å². The number of phenolic OH excluding ortho intramolecular Hbond substituents is 1. The second-order valence-electron chi connectivity index (χ2n) is 2.94.